The Bertz CT molecular complexity index is 295. The monoisotopic (exact) mass is 288 g/mol. The molecule has 6 nitrogen and oxygen atoms in total. The first kappa shape index (κ1) is 18.9. The molecule has 0 aliphatic heterocycles. The van der Waals surface area contributed by atoms with E-state index in [-0.39, 0.29) is 24.3 Å². The molecule has 2 atom stereocenters. The van der Waals surface area contributed by atoms with Gasteiger partial charge in [-0.15, -0.1) is 0 Å². The van der Waals surface area contributed by atoms with Gasteiger partial charge in [-0.25, -0.2) is 4.79 Å². The normalized spacial score (nSPS) is 14.1. The molecule has 0 fully saturated rings. The van der Waals surface area contributed by atoms with Gasteiger partial charge in [0.15, 0.2) is 0 Å². The molecular formula is C14H28N2O4. The van der Waals surface area contributed by atoms with Gasteiger partial charge in [0.25, 0.3) is 0 Å². The van der Waals surface area contributed by atoms with Gasteiger partial charge in [-0.1, -0.05) is 13.8 Å². The molecule has 20 heavy (non-hydrogen) atoms. The van der Waals surface area contributed by atoms with E-state index in [9.17, 15) is 9.59 Å². The number of methoxy groups -OCH3 is 1. The van der Waals surface area contributed by atoms with Crippen molar-refractivity contribution in [3.05, 3.63) is 0 Å². The van der Waals surface area contributed by atoms with Gasteiger partial charge in [0.1, 0.15) is 6.04 Å². The fourth-order valence-electron chi connectivity index (χ4n) is 1.86. The molecule has 0 rings (SSSR count). The van der Waals surface area contributed by atoms with Crippen molar-refractivity contribution < 1.29 is 19.4 Å². The minimum atomic E-state index is -0.979. The molecule has 0 heterocycles. The Morgan fingerprint density at radius 1 is 1.25 bits per heavy atom. The van der Waals surface area contributed by atoms with Gasteiger partial charge in [0.05, 0.1) is 0 Å². The van der Waals surface area contributed by atoms with Crippen molar-refractivity contribution in [3.8, 4) is 0 Å². The summed E-state index contributed by atoms with van der Waals surface area (Å²) in [5, 5.41) is 14.8. The number of hydrogen-bond acceptors (Lipinski definition) is 4. The third kappa shape index (κ3) is 9.75. The molecule has 0 spiro atoms. The summed E-state index contributed by atoms with van der Waals surface area (Å²) < 4.78 is 4.94. The number of carboxylic acid groups (broad SMARTS) is 1. The van der Waals surface area contributed by atoms with E-state index in [1.807, 2.05) is 20.8 Å². The van der Waals surface area contributed by atoms with Gasteiger partial charge in [0, 0.05) is 26.2 Å². The predicted molar refractivity (Wildman–Crippen MR) is 77.6 cm³/mol. The molecule has 0 saturated carbocycles. The number of hydrogen-bond donors (Lipinski definition) is 3. The number of carbonyl (C=O) groups excluding carboxylic acids is 1. The van der Waals surface area contributed by atoms with Crippen LogP contribution in [0.3, 0.4) is 0 Å². The van der Waals surface area contributed by atoms with Crippen LogP contribution in [0.2, 0.25) is 0 Å². The molecule has 0 aromatic heterocycles. The summed E-state index contributed by atoms with van der Waals surface area (Å²) in [6, 6.07) is -0.788. The second kappa shape index (κ2) is 10.6. The van der Waals surface area contributed by atoms with Crippen LogP contribution in [-0.2, 0) is 14.3 Å². The van der Waals surface area contributed by atoms with Crippen molar-refractivity contribution in [1.29, 1.82) is 0 Å². The Morgan fingerprint density at radius 3 is 2.40 bits per heavy atom. The lowest BCUT2D eigenvalue weighted by Gasteiger charge is -2.18. The number of aliphatic carboxylic acids is 1. The molecule has 0 saturated heterocycles. The third-order valence-electron chi connectivity index (χ3n) is 2.85. The number of carboxylic acids is 1. The van der Waals surface area contributed by atoms with E-state index >= 15 is 0 Å². The van der Waals surface area contributed by atoms with Crippen molar-refractivity contribution in [2.45, 2.75) is 52.1 Å². The van der Waals surface area contributed by atoms with Crippen molar-refractivity contribution in [3.63, 3.8) is 0 Å². The van der Waals surface area contributed by atoms with Gasteiger partial charge >= 0.3 is 5.97 Å². The van der Waals surface area contributed by atoms with Crippen LogP contribution < -0.4 is 10.6 Å². The zero-order chi connectivity index (χ0) is 15.5. The van der Waals surface area contributed by atoms with E-state index < -0.39 is 12.0 Å². The molecular weight excluding hydrogens is 260 g/mol. The second-order valence-electron chi connectivity index (χ2n) is 5.49. The lowest BCUT2D eigenvalue weighted by molar-refractivity contribution is -0.142. The quantitative estimate of drug-likeness (QED) is 0.494. The maximum absolute atomic E-state index is 11.8. The molecule has 0 bridgehead atoms. The van der Waals surface area contributed by atoms with E-state index in [4.69, 9.17) is 9.84 Å². The van der Waals surface area contributed by atoms with Crippen LogP contribution in [0.5, 0.6) is 0 Å². The number of nitrogens with one attached hydrogen (secondary N) is 2. The van der Waals surface area contributed by atoms with Crippen molar-refractivity contribution >= 4 is 11.9 Å². The van der Waals surface area contributed by atoms with Gasteiger partial charge in [-0.3, -0.25) is 4.79 Å². The minimum Gasteiger partial charge on any atom is -0.480 e. The maximum atomic E-state index is 11.8. The van der Waals surface area contributed by atoms with Gasteiger partial charge < -0.3 is 20.5 Å². The molecule has 0 aromatic carbocycles. The molecule has 118 valence electrons. The highest BCUT2D eigenvalue weighted by Crippen LogP contribution is 2.05. The first-order valence-corrected chi connectivity index (χ1v) is 7.11. The maximum Gasteiger partial charge on any atom is 0.326 e. The first-order valence-electron chi connectivity index (χ1n) is 7.11. The molecule has 0 radical (unpaired) electrons. The Labute approximate surface area is 121 Å². The molecule has 0 aliphatic carbocycles. The summed E-state index contributed by atoms with van der Waals surface area (Å²) in [6.45, 7) is 7.23. The van der Waals surface area contributed by atoms with Crippen LogP contribution in [0.25, 0.3) is 0 Å². The fourth-order valence-corrected chi connectivity index (χ4v) is 1.86. The van der Waals surface area contributed by atoms with Crippen LogP contribution in [0.1, 0.15) is 40.0 Å². The molecule has 3 N–H and O–H groups in total. The molecule has 1 amide bonds. The largest absolute Gasteiger partial charge is 0.480 e. The SMILES string of the molecule is COCCCNC(C)CC(=O)N[C@@H](CC(C)C)C(=O)O. The number of carbonyl (C=O) groups is 2. The van der Waals surface area contributed by atoms with E-state index in [2.05, 4.69) is 10.6 Å². The van der Waals surface area contributed by atoms with E-state index in [1.165, 1.54) is 0 Å². The van der Waals surface area contributed by atoms with Crippen molar-refractivity contribution in [2.24, 2.45) is 5.92 Å². The Kier molecular flexibility index (Phi) is 10.0. The highest BCUT2D eigenvalue weighted by molar-refractivity contribution is 5.83. The first-order chi connectivity index (χ1) is 9.36. The second-order valence-corrected chi connectivity index (χ2v) is 5.49. The number of rotatable bonds is 11. The van der Waals surface area contributed by atoms with Gasteiger partial charge in [-0.05, 0) is 32.2 Å². The topological polar surface area (TPSA) is 87.7 Å². The van der Waals surface area contributed by atoms with Crippen molar-refractivity contribution in [1.82, 2.24) is 10.6 Å². The van der Waals surface area contributed by atoms with Gasteiger partial charge in [-0.2, -0.15) is 0 Å². The van der Waals surface area contributed by atoms with E-state index in [0.717, 1.165) is 13.0 Å². The summed E-state index contributed by atoms with van der Waals surface area (Å²) in [5.41, 5.74) is 0. The highest BCUT2D eigenvalue weighted by atomic mass is 16.5. The predicted octanol–water partition coefficient (Wildman–Crippen LogP) is 1.01. The van der Waals surface area contributed by atoms with E-state index in [1.54, 1.807) is 7.11 Å². The minimum absolute atomic E-state index is 0.0142. The standard InChI is InChI=1S/C14H28N2O4/c1-10(2)8-12(14(18)19)16-13(17)9-11(3)15-6-5-7-20-4/h10-12,15H,5-9H2,1-4H3,(H,16,17)(H,18,19)/t11?,12-/m0/s1. The lowest BCUT2D eigenvalue weighted by atomic mass is 10.0. The number of amides is 1. The summed E-state index contributed by atoms with van der Waals surface area (Å²) in [6.07, 6.45) is 1.60. The fraction of sp³-hybridized carbons (Fsp3) is 0.857. The summed E-state index contributed by atoms with van der Waals surface area (Å²) in [7, 11) is 1.65. The van der Waals surface area contributed by atoms with Crippen LogP contribution in [0.15, 0.2) is 0 Å². The zero-order valence-corrected chi connectivity index (χ0v) is 12.9. The summed E-state index contributed by atoms with van der Waals surface area (Å²) >= 11 is 0. The third-order valence-corrected chi connectivity index (χ3v) is 2.85. The average Bonchev–Trinajstić information content (AvgIpc) is 2.33. The van der Waals surface area contributed by atoms with Crippen molar-refractivity contribution in [2.75, 3.05) is 20.3 Å². The highest BCUT2D eigenvalue weighted by Gasteiger charge is 2.21. The smallest absolute Gasteiger partial charge is 0.326 e. The summed E-state index contributed by atoms with van der Waals surface area (Å²) in [4.78, 5) is 22.9. The Balaban J connectivity index is 4.02. The Hall–Kier alpha value is -1.14. The van der Waals surface area contributed by atoms with Gasteiger partial charge in [0.2, 0.25) is 5.91 Å². The van der Waals surface area contributed by atoms with Crippen LogP contribution in [0.4, 0.5) is 0 Å². The number of ether oxygens (including phenoxy) is 1. The van der Waals surface area contributed by atoms with Crippen LogP contribution >= 0.6 is 0 Å². The molecule has 1 unspecified atom stereocenters. The van der Waals surface area contributed by atoms with Crippen LogP contribution in [-0.4, -0.2) is 49.3 Å². The molecule has 0 aliphatic rings. The van der Waals surface area contributed by atoms with Crippen LogP contribution in [0, 0.1) is 5.92 Å². The molecule has 6 heteroatoms. The molecule has 0 aromatic rings. The average molecular weight is 288 g/mol. The Morgan fingerprint density at radius 2 is 1.90 bits per heavy atom. The summed E-state index contributed by atoms with van der Waals surface area (Å²) in [5.74, 6) is -0.987. The van der Waals surface area contributed by atoms with E-state index in [0.29, 0.717) is 13.0 Å². The zero-order valence-electron chi connectivity index (χ0n) is 12.9. The lowest BCUT2D eigenvalue weighted by Crippen LogP contribution is -2.44.